The van der Waals surface area contributed by atoms with Crippen LogP contribution in [0.4, 0.5) is 0 Å². The fourth-order valence-electron chi connectivity index (χ4n) is 2.43. The highest BCUT2D eigenvalue weighted by Gasteiger charge is 2.33. The maximum atomic E-state index is 12.5. The fraction of sp³-hybridized carbons (Fsp3) is 0.429. The first kappa shape index (κ1) is 16.4. The summed E-state index contributed by atoms with van der Waals surface area (Å²) in [6.07, 6.45) is 1.00. The van der Waals surface area contributed by atoms with E-state index in [4.69, 9.17) is 5.11 Å². The number of carboxylic acids is 1. The quantitative estimate of drug-likeness (QED) is 0.840. The highest BCUT2D eigenvalue weighted by Crippen LogP contribution is 2.24. The van der Waals surface area contributed by atoms with Gasteiger partial charge in [0.2, 0.25) is 10.0 Å². The number of amides is 1. The van der Waals surface area contributed by atoms with E-state index in [1.54, 1.807) is 0 Å². The molecule has 1 saturated heterocycles. The summed E-state index contributed by atoms with van der Waals surface area (Å²) in [6, 6.07) is 5.60. The van der Waals surface area contributed by atoms with E-state index in [2.05, 4.69) is 5.32 Å². The number of benzene rings is 1. The second-order valence-corrected chi connectivity index (χ2v) is 7.08. The molecule has 2 rings (SSSR count). The Morgan fingerprint density at radius 3 is 2.45 bits per heavy atom. The van der Waals surface area contributed by atoms with Crippen LogP contribution in [0.25, 0.3) is 0 Å². The van der Waals surface area contributed by atoms with Crippen LogP contribution in [-0.4, -0.2) is 49.8 Å². The molecule has 120 valence electrons. The summed E-state index contributed by atoms with van der Waals surface area (Å²) < 4.78 is 26.3. The van der Waals surface area contributed by atoms with Gasteiger partial charge in [-0.2, -0.15) is 4.31 Å². The Labute approximate surface area is 129 Å². The molecule has 0 saturated carbocycles. The molecule has 1 aromatic carbocycles. The van der Waals surface area contributed by atoms with Crippen LogP contribution in [-0.2, 0) is 14.8 Å². The van der Waals surface area contributed by atoms with Crippen molar-refractivity contribution in [3.05, 3.63) is 29.8 Å². The Kier molecular flexibility index (Phi) is 4.82. The molecular formula is C14H18N2O5S. The Bertz CT molecular complexity index is 669. The summed E-state index contributed by atoms with van der Waals surface area (Å²) in [6.45, 7) is 0.290. The van der Waals surface area contributed by atoms with Gasteiger partial charge in [0.25, 0.3) is 5.91 Å². The number of hydrogen-bond acceptors (Lipinski definition) is 4. The van der Waals surface area contributed by atoms with Gasteiger partial charge < -0.3 is 10.4 Å². The molecule has 1 amide bonds. The summed E-state index contributed by atoms with van der Waals surface area (Å²) in [5.74, 6) is -1.95. The van der Waals surface area contributed by atoms with Gasteiger partial charge in [0.1, 0.15) is 0 Å². The number of piperidine rings is 1. The van der Waals surface area contributed by atoms with Gasteiger partial charge in [-0.15, -0.1) is 0 Å². The minimum absolute atomic E-state index is 0.0190. The van der Waals surface area contributed by atoms with Crippen LogP contribution >= 0.6 is 0 Å². The molecule has 8 heteroatoms. The lowest BCUT2D eigenvalue weighted by Crippen LogP contribution is -2.42. The molecule has 7 nitrogen and oxygen atoms in total. The molecule has 0 radical (unpaired) electrons. The fourth-order valence-corrected chi connectivity index (χ4v) is 3.96. The summed E-state index contributed by atoms with van der Waals surface area (Å²) in [4.78, 5) is 22.6. The van der Waals surface area contributed by atoms with Crippen molar-refractivity contribution in [2.24, 2.45) is 5.92 Å². The van der Waals surface area contributed by atoms with E-state index in [1.165, 1.54) is 35.6 Å². The van der Waals surface area contributed by atoms with Crippen molar-refractivity contribution in [1.82, 2.24) is 9.62 Å². The summed E-state index contributed by atoms with van der Waals surface area (Å²) in [5, 5.41) is 11.5. The van der Waals surface area contributed by atoms with E-state index in [0.717, 1.165) is 0 Å². The first-order valence-electron chi connectivity index (χ1n) is 6.91. The van der Waals surface area contributed by atoms with Crippen LogP contribution in [0.15, 0.2) is 29.2 Å². The normalized spacial score (nSPS) is 19.6. The van der Waals surface area contributed by atoms with Crippen LogP contribution in [0.5, 0.6) is 0 Å². The number of aliphatic carboxylic acids is 1. The van der Waals surface area contributed by atoms with E-state index < -0.39 is 21.9 Å². The Hall–Kier alpha value is -1.93. The van der Waals surface area contributed by atoms with E-state index in [-0.39, 0.29) is 17.3 Å². The van der Waals surface area contributed by atoms with Gasteiger partial charge in [-0.25, -0.2) is 8.42 Å². The highest BCUT2D eigenvalue weighted by molar-refractivity contribution is 7.89. The number of carbonyl (C=O) groups is 2. The van der Waals surface area contributed by atoms with Crippen molar-refractivity contribution in [3.63, 3.8) is 0 Å². The van der Waals surface area contributed by atoms with Crippen molar-refractivity contribution in [1.29, 1.82) is 0 Å². The minimum atomic E-state index is -3.74. The van der Waals surface area contributed by atoms with Crippen LogP contribution in [0.1, 0.15) is 23.2 Å². The van der Waals surface area contributed by atoms with Gasteiger partial charge in [0, 0.05) is 25.7 Å². The molecule has 1 aliphatic rings. The topological polar surface area (TPSA) is 104 Å². The number of hydrogen-bond donors (Lipinski definition) is 2. The molecule has 0 aliphatic carbocycles. The number of rotatable bonds is 4. The van der Waals surface area contributed by atoms with Gasteiger partial charge in [0.15, 0.2) is 0 Å². The maximum Gasteiger partial charge on any atom is 0.307 e. The molecule has 0 aromatic heterocycles. The predicted octanol–water partition coefficient (Wildman–Crippen LogP) is 0.532. The molecule has 1 atom stereocenters. The monoisotopic (exact) mass is 326 g/mol. The van der Waals surface area contributed by atoms with Gasteiger partial charge in [-0.3, -0.25) is 9.59 Å². The van der Waals surface area contributed by atoms with Gasteiger partial charge >= 0.3 is 5.97 Å². The molecule has 0 spiro atoms. The summed E-state index contributed by atoms with van der Waals surface area (Å²) in [5.41, 5.74) is 0.364. The Balaban J connectivity index is 2.22. The van der Waals surface area contributed by atoms with Gasteiger partial charge in [0.05, 0.1) is 10.8 Å². The van der Waals surface area contributed by atoms with Crippen molar-refractivity contribution >= 4 is 21.9 Å². The zero-order valence-electron chi connectivity index (χ0n) is 12.2. The maximum absolute atomic E-state index is 12.5. The minimum Gasteiger partial charge on any atom is -0.481 e. The zero-order chi connectivity index (χ0) is 16.3. The summed E-state index contributed by atoms with van der Waals surface area (Å²) >= 11 is 0. The molecule has 1 aromatic rings. The molecule has 22 heavy (non-hydrogen) atoms. The molecule has 1 aliphatic heterocycles. The van der Waals surface area contributed by atoms with Crippen LogP contribution in [0, 0.1) is 5.92 Å². The molecule has 1 unspecified atom stereocenters. The number of nitrogens with one attached hydrogen (secondary N) is 1. The van der Waals surface area contributed by atoms with Gasteiger partial charge in [-0.1, -0.05) is 0 Å². The second-order valence-electron chi connectivity index (χ2n) is 5.14. The number of carboxylic acid groups (broad SMARTS) is 1. The third kappa shape index (κ3) is 3.28. The van der Waals surface area contributed by atoms with Crippen molar-refractivity contribution in [3.8, 4) is 0 Å². The van der Waals surface area contributed by atoms with Crippen LogP contribution in [0.2, 0.25) is 0 Å². The molecular weight excluding hydrogens is 308 g/mol. The van der Waals surface area contributed by atoms with E-state index in [9.17, 15) is 18.0 Å². The van der Waals surface area contributed by atoms with Crippen LogP contribution < -0.4 is 5.32 Å². The Morgan fingerprint density at radius 2 is 1.91 bits per heavy atom. The zero-order valence-corrected chi connectivity index (χ0v) is 13.0. The summed E-state index contributed by atoms with van der Waals surface area (Å²) in [7, 11) is -2.25. The molecule has 1 heterocycles. The second kappa shape index (κ2) is 6.45. The predicted molar refractivity (Wildman–Crippen MR) is 79.0 cm³/mol. The average Bonchev–Trinajstić information content (AvgIpc) is 2.54. The molecule has 2 N–H and O–H groups in total. The van der Waals surface area contributed by atoms with Crippen LogP contribution in [0.3, 0.4) is 0 Å². The standard InChI is InChI=1S/C14H18N2O5S/c1-15-13(17)10-4-6-12(7-5-10)22(20,21)16-8-2-3-11(9-16)14(18)19/h4-7,11H,2-3,8-9H2,1H3,(H,15,17)(H,18,19). The molecule has 1 fully saturated rings. The first-order valence-corrected chi connectivity index (χ1v) is 8.35. The largest absolute Gasteiger partial charge is 0.481 e. The third-order valence-corrected chi connectivity index (χ3v) is 5.59. The SMILES string of the molecule is CNC(=O)c1ccc(S(=O)(=O)N2CCCC(C(=O)O)C2)cc1. The number of nitrogens with zero attached hydrogens (tertiary/aromatic N) is 1. The van der Waals surface area contributed by atoms with Crippen molar-refractivity contribution < 1.29 is 23.1 Å². The number of sulfonamides is 1. The van der Waals surface area contributed by atoms with E-state index in [1.807, 2.05) is 0 Å². The highest BCUT2D eigenvalue weighted by atomic mass is 32.2. The number of carbonyl (C=O) groups excluding carboxylic acids is 1. The average molecular weight is 326 g/mol. The lowest BCUT2D eigenvalue weighted by atomic mass is 10.0. The van der Waals surface area contributed by atoms with E-state index in [0.29, 0.717) is 24.9 Å². The molecule has 0 bridgehead atoms. The smallest absolute Gasteiger partial charge is 0.307 e. The van der Waals surface area contributed by atoms with Crippen molar-refractivity contribution in [2.75, 3.05) is 20.1 Å². The van der Waals surface area contributed by atoms with Crippen molar-refractivity contribution in [2.45, 2.75) is 17.7 Å². The lowest BCUT2D eigenvalue weighted by Gasteiger charge is -2.29. The first-order chi connectivity index (χ1) is 10.4. The van der Waals surface area contributed by atoms with Gasteiger partial charge in [-0.05, 0) is 37.1 Å². The Morgan fingerprint density at radius 1 is 1.27 bits per heavy atom. The lowest BCUT2D eigenvalue weighted by molar-refractivity contribution is -0.142. The third-order valence-electron chi connectivity index (χ3n) is 3.71. The van der Waals surface area contributed by atoms with E-state index >= 15 is 0 Å².